The summed E-state index contributed by atoms with van der Waals surface area (Å²) in [6.45, 7) is 6.62. The molecule has 1 nitrogen and oxygen atoms in total. The average Bonchev–Trinajstić information content (AvgIpc) is 0.794. The van der Waals surface area contributed by atoms with Crippen LogP contribution in [0.3, 0.4) is 0 Å². The van der Waals surface area contributed by atoms with Crippen LogP contribution in [0.4, 0.5) is 0 Å². The summed E-state index contributed by atoms with van der Waals surface area (Å²) < 4.78 is 22.2. The third-order valence-corrected chi connectivity index (χ3v) is 34.5. The monoisotopic (exact) mass is 1690 g/mol. The van der Waals surface area contributed by atoms with Crippen LogP contribution in [0, 0.1) is 20.8 Å². The fraction of sp³-hybridized carbons (Fsp3) is 0.0370. The van der Waals surface area contributed by atoms with Gasteiger partial charge in [-0.3, -0.25) is 0 Å². The molecule has 0 aliphatic rings. The summed E-state index contributed by atoms with van der Waals surface area (Å²) in [6.07, 6.45) is 0. The second-order valence-corrected chi connectivity index (χ2v) is 38.9. The maximum atomic E-state index is 6.40. The van der Waals surface area contributed by atoms with Crippen molar-refractivity contribution >= 4 is 277 Å². The van der Waals surface area contributed by atoms with Crippen molar-refractivity contribution in [3.05, 3.63) is 253 Å². The number of rotatable bonds is 0. The number of aryl methyl sites for hydroxylation is 3. The number of benzene rings is 15. The minimum atomic E-state index is -0.400. The summed E-state index contributed by atoms with van der Waals surface area (Å²) >= 11 is -1.86. The molecule has 0 aliphatic heterocycles. The van der Waals surface area contributed by atoms with Gasteiger partial charge in [-0.15, -0.1) is 0 Å². The molecule has 0 aliphatic carbocycles. The van der Waals surface area contributed by atoms with Gasteiger partial charge >= 0.3 is 555 Å². The summed E-state index contributed by atoms with van der Waals surface area (Å²) in [5.41, 5.74) is 5.92. The Balaban J connectivity index is 0.0000000951. The molecule has 0 unspecified atom stereocenters. The molecule has 0 N–H and O–H groups in total. The van der Waals surface area contributed by atoms with Gasteiger partial charge < -0.3 is 0 Å². The molecule has 0 spiro atoms. The SMILES string of the molecule is Cc1ccc2[te]c3cccc4c3c(c2c1)c1cccc2[te]c3ccc(C)cc3c4c21.Cc1ccc2oc3cccc4c3c(c2c1)c1cccc2[te]c3ccccc3c4c21.c1ccc2c(c1)[te]c1cccc3c1c2c1cccc2[te]c4ccccc4c3c21. The number of hydrogen-bond donors (Lipinski definition) is 0. The van der Waals surface area contributed by atoms with Crippen molar-refractivity contribution in [2.45, 2.75) is 20.8 Å². The molecule has 0 saturated heterocycles. The van der Waals surface area contributed by atoms with Crippen molar-refractivity contribution in [2.75, 3.05) is 0 Å². The zero-order valence-corrected chi connectivity index (χ0v) is 59.1. The Bertz CT molecular complexity index is 6290. The summed E-state index contributed by atoms with van der Waals surface area (Å²) in [5.74, 6) is 0. The van der Waals surface area contributed by atoms with Gasteiger partial charge in [0.25, 0.3) is 0 Å². The third kappa shape index (κ3) is 7.95. The normalized spacial score (nSPS) is 12.3. The zero-order valence-electron chi connectivity index (χ0n) is 47.5. The van der Waals surface area contributed by atoms with E-state index < -0.39 is 20.4 Å². The van der Waals surface area contributed by atoms with Crippen molar-refractivity contribution in [3.8, 4) is 0 Å². The Morgan fingerprint density at radius 3 is 0.828 bits per heavy atom. The van der Waals surface area contributed by atoms with Gasteiger partial charge in [-0.05, 0) is 0 Å². The molecular weight excluding hydrogens is 1630 g/mol. The topological polar surface area (TPSA) is 13.1 Å². The van der Waals surface area contributed by atoms with Crippen LogP contribution in [-0.2, 0) is 0 Å². The molecule has 21 rings (SSSR count). The van der Waals surface area contributed by atoms with Crippen LogP contribution in [0.25, 0.3) is 174 Å². The first kappa shape index (κ1) is 52.5. The standard InChI is InChI=1S/C28H18Te2.C27H16OTe.C26H14Te2/c1-15-9-11-21-19(13-15)25-17-5-3-8-24-28(17)26(18-6-4-7-23(29-21)27(18)25)20-14-16(2)10-12-22(20)30-24;1-15-12-13-20-19(14-15)25-18-8-5-11-23-27(18)24(16-6-2-3-10-22(16)29-23)17-7-4-9-21(28-20)26(17)25;1-3-11-19-15(7-1)23-17-9-5-14-22-26(17)24(16-8-2-4-12-20(16)28-22)18-10-6-13-21(27-19)25(18)23/h3-14H,1-2H3;2-14H,1H3;1-14H. The van der Waals surface area contributed by atoms with Crippen LogP contribution in [0.2, 0.25) is 0 Å². The van der Waals surface area contributed by atoms with Crippen LogP contribution < -0.4 is 0 Å². The van der Waals surface area contributed by atoms with Crippen LogP contribution in [-0.4, -0.2) is 102 Å². The van der Waals surface area contributed by atoms with Crippen molar-refractivity contribution in [1.29, 1.82) is 0 Å². The van der Waals surface area contributed by atoms with Crippen molar-refractivity contribution < 1.29 is 4.42 Å². The summed E-state index contributed by atoms with van der Waals surface area (Å²) in [6, 6.07) is 89.8. The summed E-state index contributed by atoms with van der Waals surface area (Å²) in [5, 5.41) is 34.7. The summed E-state index contributed by atoms with van der Waals surface area (Å²) in [7, 11) is 0. The van der Waals surface area contributed by atoms with E-state index in [0.717, 1.165) is 11.2 Å². The molecule has 6 aromatic heterocycles. The predicted molar refractivity (Wildman–Crippen MR) is 386 cm³/mol. The Labute approximate surface area is 548 Å². The Morgan fingerprint density at radius 2 is 0.448 bits per heavy atom. The van der Waals surface area contributed by atoms with E-state index in [1.165, 1.54) is 149 Å². The van der Waals surface area contributed by atoms with Gasteiger partial charge in [-0.2, -0.15) is 0 Å². The van der Waals surface area contributed by atoms with Gasteiger partial charge in [-0.25, -0.2) is 0 Å². The molecule has 0 fully saturated rings. The Morgan fingerprint density at radius 1 is 0.184 bits per heavy atom. The van der Waals surface area contributed by atoms with Gasteiger partial charge in [0, 0.05) is 0 Å². The molecule has 0 amide bonds. The average molecular weight is 1680 g/mol. The van der Waals surface area contributed by atoms with E-state index in [-0.39, 0.29) is 81.7 Å². The molecular formula is C81H48OTe5. The van der Waals surface area contributed by atoms with E-state index in [0.29, 0.717) is 0 Å². The number of fused-ring (bicyclic) bond motifs is 18. The fourth-order valence-corrected chi connectivity index (χ4v) is 30.7. The van der Waals surface area contributed by atoms with E-state index in [4.69, 9.17) is 4.42 Å². The second kappa shape index (κ2) is 20.3. The predicted octanol–water partition coefficient (Wildman–Crippen LogP) is 21.6. The summed E-state index contributed by atoms with van der Waals surface area (Å²) in [4.78, 5) is 0. The van der Waals surface area contributed by atoms with E-state index in [9.17, 15) is 0 Å². The fourth-order valence-electron chi connectivity index (χ4n) is 14.8. The van der Waals surface area contributed by atoms with Crippen LogP contribution in [0.15, 0.2) is 241 Å². The quantitative estimate of drug-likeness (QED) is 0.0838. The van der Waals surface area contributed by atoms with Crippen LogP contribution >= 0.6 is 0 Å². The first-order valence-electron chi connectivity index (χ1n) is 29.6. The minimum absolute atomic E-state index is 0.353. The Hall–Kier alpha value is -6.39. The van der Waals surface area contributed by atoms with Gasteiger partial charge in [-0.1, -0.05) is 0 Å². The molecule has 0 radical (unpaired) electrons. The Kier molecular flexibility index (Phi) is 12.3. The first-order valence-corrected chi connectivity index (χ1v) is 41.3. The molecule has 6 heterocycles. The van der Waals surface area contributed by atoms with E-state index >= 15 is 0 Å². The van der Waals surface area contributed by atoms with Gasteiger partial charge in [0.15, 0.2) is 0 Å². The molecule has 0 atom stereocenters. The molecule has 0 bridgehead atoms. The van der Waals surface area contributed by atoms with Crippen LogP contribution in [0.1, 0.15) is 16.7 Å². The van der Waals surface area contributed by atoms with Gasteiger partial charge in [0.05, 0.1) is 0 Å². The first-order chi connectivity index (χ1) is 42.9. The van der Waals surface area contributed by atoms with Crippen molar-refractivity contribution in [2.24, 2.45) is 0 Å². The molecule has 408 valence electrons. The van der Waals surface area contributed by atoms with E-state index in [2.05, 4.69) is 257 Å². The third-order valence-electron chi connectivity index (χ3n) is 18.3. The molecule has 6 heteroatoms. The van der Waals surface area contributed by atoms with Gasteiger partial charge in [0.2, 0.25) is 0 Å². The molecule has 21 aromatic rings. The van der Waals surface area contributed by atoms with Crippen molar-refractivity contribution in [3.63, 3.8) is 0 Å². The molecule has 15 aromatic carbocycles. The maximum absolute atomic E-state index is 6.40. The van der Waals surface area contributed by atoms with Crippen molar-refractivity contribution in [1.82, 2.24) is 0 Å². The zero-order chi connectivity index (χ0) is 57.3. The van der Waals surface area contributed by atoms with E-state index in [1.54, 1.807) is 30.6 Å². The van der Waals surface area contributed by atoms with E-state index in [1.807, 2.05) is 0 Å². The van der Waals surface area contributed by atoms with Crippen LogP contribution in [0.5, 0.6) is 0 Å². The molecule has 87 heavy (non-hydrogen) atoms. The van der Waals surface area contributed by atoms with Gasteiger partial charge in [0.1, 0.15) is 0 Å². The number of hydrogen-bond acceptors (Lipinski definition) is 1. The molecule has 0 saturated carbocycles. The second-order valence-electron chi connectivity index (χ2n) is 23.4.